The zero-order valence-corrected chi connectivity index (χ0v) is 13.5. The van der Waals surface area contributed by atoms with E-state index in [0.29, 0.717) is 25.9 Å². The summed E-state index contributed by atoms with van der Waals surface area (Å²) in [6.45, 7) is 9.67. The van der Waals surface area contributed by atoms with Crippen molar-refractivity contribution in [3.05, 3.63) is 0 Å². The van der Waals surface area contributed by atoms with Gasteiger partial charge in [-0.2, -0.15) is 0 Å². The van der Waals surface area contributed by atoms with Gasteiger partial charge in [-0.3, -0.25) is 9.59 Å². The molecule has 2 atom stereocenters. The molecular weight excluding hydrogens is 252 g/mol. The second-order valence-electron chi connectivity index (χ2n) is 6.00. The van der Waals surface area contributed by atoms with E-state index in [1.54, 1.807) is 0 Å². The second-order valence-corrected chi connectivity index (χ2v) is 6.00. The standard InChI is InChI=1S/C16H30N2O2/c1-5-7-9-15(19)17-11-14(4)18(12-13(17)3)16(20)10-8-6-2/h13-14H,5-12H2,1-4H3/t13-,14-/m1/s1. The molecule has 4 nitrogen and oxygen atoms in total. The average molecular weight is 282 g/mol. The Kier molecular flexibility index (Phi) is 7.03. The lowest BCUT2D eigenvalue weighted by molar-refractivity contribution is -0.145. The van der Waals surface area contributed by atoms with Gasteiger partial charge in [-0.1, -0.05) is 26.7 Å². The zero-order valence-electron chi connectivity index (χ0n) is 13.5. The van der Waals surface area contributed by atoms with E-state index < -0.39 is 0 Å². The number of amides is 2. The van der Waals surface area contributed by atoms with Crippen molar-refractivity contribution in [1.82, 2.24) is 9.80 Å². The van der Waals surface area contributed by atoms with E-state index in [0.717, 1.165) is 25.7 Å². The maximum Gasteiger partial charge on any atom is 0.222 e. The monoisotopic (exact) mass is 282 g/mol. The largest absolute Gasteiger partial charge is 0.336 e. The first-order valence-corrected chi connectivity index (χ1v) is 8.10. The maximum atomic E-state index is 12.2. The third-order valence-electron chi connectivity index (χ3n) is 4.12. The summed E-state index contributed by atoms with van der Waals surface area (Å²) in [5.74, 6) is 0.485. The van der Waals surface area contributed by atoms with E-state index >= 15 is 0 Å². The first-order valence-electron chi connectivity index (χ1n) is 8.10. The van der Waals surface area contributed by atoms with Crippen LogP contribution < -0.4 is 0 Å². The van der Waals surface area contributed by atoms with Gasteiger partial charge >= 0.3 is 0 Å². The Hall–Kier alpha value is -1.06. The maximum absolute atomic E-state index is 12.2. The van der Waals surface area contributed by atoms with Gasteiger partial charge in [0, 0.05) is 38.0 Å². The van der Waals surface area contributed by atoms with Crippen LogP contribution in [0, 0.1) is 0 Å². The topological polar surface area (TPSA) is 40.6 Å². The van der Waals surface area contributed by atoms with E-state index in [2.05, 4.69) is 27.7 Å². The second kappa shape index (κ2) is 8.28. The molecule has 0 aromatic heterocycles. The summed E-state index contributed by atoms with van der Waals surface area (Å²) in [4.78, 5) is 28.3. The summed E-state index contributed by atoms with van der Waals surface area (Å²) < 4.78 is 0. The van der Waals surface area contributed by atoms with E-state index in [9.17, 15) is 9.59 Å². The highest BCUT2D eigenvalue weighted by Gasteiger charge is 2.33. The average Bonchev–Trinajstić information content (AvgIpc) is 2.44. The summed E-state index contributed by atoms with van der Waals surface area (Å²) in [6.07, 6.45) is 5.27. The highest BCUT2D eigenvalue weighted by molar-refractivity contribution is 5.79. The fourth-order valence-electron chi connectivity index (χ4n) is 2.76. The van der Waals surface area contributed by atoms with Gasteiger partial charge in [-0.05, 0) is 26.7 Å². The first-order chi connectivity index (χ1) is 9.51. The van der Waals surface area contributed by atoms with Crippen molar-refractivity contribution in [3.63, 3.8) is 0 Å². The van der Waals surface area contributed by atoms with Gasteiger partial charge in [0.05, 0.1) is 0 Å². The van der Waals surface area contributed by atoms with Crippen molar-refractivity contribution >= 4 is 11.8 Å². The SMILES string of the molecule is CCCCC(=O)N1C[C@@H](C)N(C(=O)CCCC)C[C@H]1C. The molecule has 0 saturated carbocycles. The number of hydrogen-bond acceptors (Lipinski definition) is 2. The fraction of sp³-hybridized carbons (Fsp3) is 0.875. The van der Waals surface area contributed by atoms with Crippen molar-refractivity contribution in [2.24, 2.45) is 0 Å². The Morgan fingerprint density at radius 3 is 1.50 bits per heavy atom. The molecule has 0 N–H and O–H groups in total. The highest BCUT2D eigenvalue weighted by atomic mass is 16.2. The van der Waals surface area contributed by atoms with Crippen molar-refractivity contribution in [1.29, 1.82) is 0 Å². The predicted octanol–water partition coefficient (Wildman–Crippen LogP) is 2.81. The molecule has 0 aromatic rings. The molecule has 4 heteroatoms. The number of carbonyl (C=O) groups excluding carboxylic acids is 2. The third kappa shape index (κ3) is 4.50. The number of unbranched alkanes of at least 4 members (excludes halogenated alkanes) is 2. The lowest BCUT2D eigenvalue weighted by atomic mass is 10.1. The molecule has 0 bridgehead atoms. The quantitative estimate of drug-likeness (QED) is 0.751. The van der Waals surface area contributed by atoms with E-state index in [4.69, 9.17) is 0 Å². The van der Waals surface area contributed by atoms with Crippen LogP contribution in [-0.2, 0) is 9.59 Å². The smallest absolute Gasteiger partial charge is 0.222 e. The van der Waals surface area contributed by atoms with Crippen LogP contribution in [-0.4, -0.2) is 46.8 Å². The van der Waals surface area contributed by atoms with Crippen LogP contribution in [0.5, 0.6) is 0 Å². The van der Waals surface area contributed by atoms with Crippen LogP contribution in [0.15, 0.2) is 0 Å². The highest BCUT2D eigenvalue weighted by Crippen LogP contribution is 2.18. The Labute approximate surface area is 123 Å². The van der Waals surface area contributed by atoms with Crippen molar-refractivity contribution in [2.75, 3.05) is 13.1 Å². The number of nitrogens with zero attached hydrogens (tertiary/aromatic N) is 2. The third-order valence-corrected chi connectivity index (χ3v) is 4.12. The van der Waals surface area contributed by atoms with Gasteiger partial charge in [0.1, 0.15) is 0 Å². The van der Waals surface area contributed by atoms with Crippen molar-refractivity contribution < 1.29 is 9.59 Å². The minimum absolute atomic E-state index is 0.140. The van der Waals surface area contributed by atoms with Crippen LogP contribution >= 0.6 is 0 Å². The van der Waals surface area contributed by atoms with Crippen molar-refractivity contribution in [2.45, 2.75) is 78.3 Å². The molecule has 0 radical (unpaired) electrons. The molecule has 2 amide bonds. The Morgan fingerprint density at radius 1 is 0.850 bits per heavy atom. The molecule has 1 saturated heterocycles. The number of piperazine rings is 1. The van der Waals surface area contributed by atoms with Crippen LogP contribution in [0.3, 0.4) is 0 Å². The van der Waals surface area contributed by atoms with Crippen LogP contribution in [0.4, 0.5) is 0 Å². The molecule has 1 aliphatic rings. The molecule has 0 aromatic carbocycles. The van der Waals surface area contributed by atoms with Gasteiger partial charge in [0.15, 0.2) is 0 Å². The van der Waals surface area contributed by atoms with Crippen LogP contribution in [0.1, 0.15) is 66.2 Å². The summed E-state index contributed by atoms with van der Waals surface area (Å²) in [5, 5.41) is 0. The van der Waals surface area contributed by atoms with Gasteiger partial charge < -0.3 is 9.80 Å². The van der Waals surface area contributed by atoms with Gasteiger partial charge in [-0.25, -0.2) is 0 Å². The molecular formula is C16H30N2O2. The number of carbonyl (C=O) groups is 2. The van der Waals surface area contributed by atoms with Crippen LogP contribution in [0.2, 0.25) is 0 Å². The van der Waals surface area contributed by atoms with Gasteiger partial charge in [0.25, 0.3) is 0 Å². The lowest BCUT2D eigenvalue weighted by Crippen LogP contribution is -2.59. The van der Waals surface area contributed by atoms with Gasteiger partial charge in [-0.15, -0.1) is 0 Å². The molecule has 0 spiro atoms. The molecule has 1 aliphatic heterocycles. The molecule has 1 heterocycles. The van der Waals surface area contributed by atoms with E-state index in [-0.39, 0.29) is 23.9 Å². The molecule has 0 unspecified atom stereocenters. The van der Waals surface area contributed by atoms with Gasteiger partial charge in [0.2, 0.25) is 11.8 Å². The minimum atomic E-state index is 0.140. The fourth-order valence-corrected chi connectivity index (χ4v) is 2.76. The number of hydrogen-bond donors (Lipinski definition) is 0. The van der Waals surface area contributed by atoms with E-state index in [1.807, 2.05) is 9.80 Å². The molecule has 1 fully saturated rings. The van der Waals surface area contributed by atoms with Crippen molar-refractivity contribution in [3.8, 4) is 0 Å². The minimum Gasteiger partial charge on any atom is -0.336 e. The molecule has 1 rings (SSSR count). The molecule has 0 aliphatic carbocycles. The normalized spacial score (nSPS) is 23.0. The molecule has 20 heavy (non-hydrogen) atoms. The summed E-state index contributed by atoms with van der Waals surface area (Å²) in [5.41, 5.74) is 0. The Morgan fingerprint density at radius 2 is 1.20 bits per heavy atom. The predicted molar refractivity (Wildman–Crippen MR) is 81.4 cm³/mol. The first kappa shape index (κ1) is 17.0. The van der Waals surface area contributed by atoms with Crippen LogP contribution in [0.25, 0.3) is 0 Å². The summed E-state index contributed by atoms with van der Waals surface area (Å²) in [6, 6.07) is 0.280. The lowest BCUT2D eigenvalue weighted by Gasteiger charge is -2.44. The Balaban J connectivity index is 2.57. The zero-order chi connectivity index (χ0) is 15.1. The summed E-state index contributed by atoms with van der Waals surface area (Å²) in [7, 11) is 0. The number of rotatable bonds is 6. The Bertz CT molecular complexity index is 298. The molecule has 116 valence electrons. The summed E-state index contributed by atoms with van der Waals surface area (Å²) >= 11 is 0. The van der Waals surface area contributed by atoms with E-state index in [1.165, 1.54) is 0 Å².